The van der Waals surface area contributed by atoms with Crippen LogP contribution in [0.25, 0.3) is 0 Å². The van der Waals surface area contributed by atoms with Crippen LogP contribution in [0.2, 0.25) is 0 Å². The van der Waals surface area contributed by atoms with Crippen molar-refractivity contribution in [1.29, 1.82) is 0 Å². The first-order valence-corrected chi connectivity index (χ1v) is 7.73. The van der Waals surface area contributed by atoms with Crippen LogP contribution >= 0.6 is 0 Å². The zero-order valence-corrected chi connectivity index (χ0v) is 12.6. The Bertz CT molecular complexity index is 470. The Morgan fingerprint density at radius 1 is 1.30 bits per heavy atom. The molecular weight excluding hydrogens is 250 g/mol. The SMILES string of the molecule is CC1(C)COCC(COc2cccc3c2CCCC3)N1. The number of fused-ring (bicyclic) bond motifs is 1. The van der Waals surface area contributed by atoms with Crippen molar-refractivity contribution < 1.29 is 9.47 Å². The molecule has 3 nitrogen and oxygen atoms in total. The molecule has 1 aromatic carbocycles. The predicted molar refractivity (Wildman–Crippen MR) is 80.4 cm³/mol. The molecule has 110 valence electrons. The van der Waals surface area contributed by atoms with E-state index in [1.54, 1.807) is 0 Å². The highest BCUT2D eigenvalue weighted by atomic mass is 16.5. The normalized spacial score (nSPS) is 25.0. The number of hydrogen-bond donors (Lipinski definition) is 1. The molecule has 1 aliphatic carbocycles. The van der Waals surface area contributed by atoms with Crippen LogP contribution in [0.4, 0.5) is 0 Å². The minimum atomic E-state index is 0.0440. The summed E-state index contributed by atoms with van der Waals surface area (Å²) in [5, 5.41) is 3.59. The molecule has 1 heterocycles. The molecule has 1 aliphatic heterocycles. The number of nitrogens with one attached hydrogen (secondary N) is 1. The zero-order chi connectivity index (χ0) is 14.0. The molecule has 1 saturated heterocycles. The van der Waals surface area contributed by atoms with Gasteiger partial charge in [0.2, 0.25) is 0 Å². The highest BCUT2D eigenvalue weighted by molar-refractivity contribution is 5.41. The van der Waals surface area contributed by atoms with E-state index in [2.05, 4.69) is 37.4 Å². The third-order valence-corrected chi connectivity index (χ3v) is 4.17. The van der Waals surface area contributed by atoms with Gasteiger partial charge in [-0.15, -0.1) is 0 Å². The summed E-state index contributed by atoms with van der Waals surface area (Å²) in [5.74, 6) is 1.08. The number of benzene rings is 1. The van der Waals surface area contributed by atoms with Crippen molar-refractivity contribution in [3.05, 3.63) is 29.3 Å². The van der Waals surface area contributed by atoms with E-state index >= 15 is 0 Å². The van der Waals surface area contributed by atoms with Gasteiger partial charge in [0.1, 0.15) is 12.4 Å². The van der Waals surface area contributed by atoms with Gasteiger partial charge in [0.05, 0.1) is 19.3 Å². The van der Waals surface area contributed by atoms with Crippen molar-refractivity contribution >= 4 is 0 Å². The summed E-state index contributed by atoms with van der Waals surface area (Å²) in [6.07, 6.45) is 4.95. The van der Waals surface area contributed by atoms with Crippen molar-refractivity contribution in [3.8, 4) is 5.75 Å². The number of ether oxygens (including phenoxy) is 2. The lowest BCUT2D eigenvalue weighted by atomic mass is 9.91. The van der Waals surface area contributed by atoms with Crippen LogP contribution in [0.15, 0.2) is 18.2 Å². The fourth-order valence-corrected chi connectivity index (χ4v) is 3.25. The molecule has 1 aromatic rings. The van der Waals surface area contributed by atoms with E-state index in [1.807, 2.05) is 0 Å². The van der Waals surface area contributed by atoms with E-state index in [0.717, 1.165) is 25.4 Å². The van der Waals surface area contributed by atoms with Gasteiger partial charge < -0.3 is 14.8 Å². The summed E-state index contributed by atoms with van der Waals surface area (Å²) in [6, 6.07) is 6.75. The van der Waals surface area contributed by atoms with Gasteiger partial charge in [0, 0.05) is 5.54 Å². The summed E-state index contributed by atoms with van der Waals surface area (Å²) in [6.45, 7) is 6.52. The van der Waals surface area contributed by atoms with Gasteiger partial charge in [0.25, 0.3) is 0 Å². The van der Waals surface area contributed by atoms with Crippen LogP contribution in [0.1, 0.15) is 37.8 Å². The van der Waals surface area contributed by atoms with Crippen LogP contribution in [-0.4, -0.2) is 31.4 Å². The molecular formula is C17H25NO2. The van der Waals surface area contributed by atoms with Crippen molar-refractivity contribution in [1.82, 2.24) is 5.32 Å². The first kappa shape index (κ1) is 13.9. The van der Waals surface area contributed by atoms with Gasteiger partial charge in [0.15, 0.2) is 0 Å². The number of aryl methyl sites for hydroxylation is 1. The maximum Gasteiger partial charge on any atom is 0.122 e. The summed E-state index contributed by atoms with van der Waals surface area (Å²) in [7, 11) is 0. The van der Waals surface area contributed by atoms with Crippen molar-refractivity contribution in [2.24, 2.45) is 0 Å². The van der Waals surface area contributed by atoms with Crippen LogP contribution in [0.5, 0.6) is 5.75 Å². The molecule has 1 atom stereocenters. The second-order valence-electron chi connectivity index (χ2n) is 6.65. The number of morpholine rings is 1. The van der Waals surface area contributed by atoms with Gasteiger partial charge in [-0.3, -0.25) is 0 Å². The molecule has 0 saturated carbocycles. The Morgan fingerprint density at radius 2 is 2.15 bits per heavy atom. The molecule has 0 radical (unpaired) electrons. The Morgan fingerprint density at radius 3 is 3.00 bits per heavy atom. The zero-order valence-electron chi connectivity index (χ0n) is 12.6. The molecule has 1 unspecified atom stereocenters. The number of hydrogen-bond acceptors (Lipinski definition) is 3. The smallest absolute Gasteiger partial charge is 0.122 e. The van der Waals surface area contributed by atoms with E-state index in [0.29, 0.717) is 6.61 Å². The molecule has 1 fully saturated rings. The van der Waals surface area contributed by atoms with Crippen molar-refractivity contribution in [2.75, 3.05) is 19.8 Å². The third kappa shape index (κ3) is 3.15. The predicted octanol–water partition coefficient (Wildman–Crippen LogP) is 2.71. The molecule has 0 bridgehead atoms. The summed E-state index contributed by atoms with van der Waals surface area (Å²) in [5.41, 5.74) is 2.94. The van der Waals surface area contributed by atoms with Gasteiger partial charge in [-0.25, -0.2) is 0 Å². The Kier molecular flexibility index (Phi) is 3.99. The van der Waals surface area contributed by atoms with E-state index in [4.69, 9.17) is 9.47 Å². The monoisotopic (exact) mass is 275 g/mol. The van der Waals surface area contributed by atoms with Crippen LogP contribution in [-0.2, 0) is 17.6 Å². The Hall–Kier alpha value is -1.06. The van der Waals surface area contributed by atoms with Crippen molar-refractivity contribution in [2.45, 2.75) is 51.1 Å². The van der Waals surface area contributed by atoms with E-state index in [-0.39, 0.29) is 11.6 Å². The fraction of sp³-hybridized carbons (Fsp3) is 0.647. The third-order valence-electron chi connectivity index (χ3n) is 4.17. The lowest BCUT2D eigenvalue weighted by molar-refractivity contribution is 0.000840. The second kappa shape index (κ2) is 5.74. The quantitative estimate of drug-likeness (QED) is 0.920. The van der Waals surface area contributed by atoms with Gasteiger partial charge in [-0.1, -0.05) is 12.1 Å². The largest absolute Gasteiger partial charge is 0.492 e. The molecule has 0 aromatic heterocycles. The first-order chi connectivity index (χ1) is 9.64. The highest BCUT2D eigenvalue weighted by Gasteiger charge is 2.28. The lowest BCUT2D eigenvalue weighted by Gasteiger charge is -2.36. The average Bonchev–Trinajstić information content (AvgIpc) is 2.44. The molecule has 0 amide bonds. The van der Waals surface area contributed by atoms with E-state index in [9.17, 15) is 0 Å². The molecule has 3 heteroatoms. The van der Waals surface area contributed by atoms with E-state index in [1.165, 1.54) is 30.4 Å². The Balaban J connectivity index is 1.64. The minimum absolute atomic E-state index is 0.0440. The molecule has 0 spiro atoms. The minimum Gasteiger partial charge on any atom is -0.492 e. The second-order valence-corrected chi connectivity index (χ2v) is 6.65. The summed E-state index contributed by atoms with van der Waals surface area (Å²) < 4.78 is 11.8. The van der Waals surface area contributed by atoms with Crippen LogP contribution in [0.3, 0.4) is 0 Å². The standard InChI is InChI=1S/C17H25NO2/c1-17(2)12-19-10-14(18-17)11-20-16-9-5-7-13-6-3-4-8-15(13)16/h5,7,9,14,18H,3-4,6,8,10-12H2,1-2H3. The molecule has 2 aliphatic rings. The lowest BCUT2D eigenvalue weighted by Crippen LogP contribution is -2.57. The van der Waals surface area contributed by atoms with E-state index < -0.39 is 0 Å². The molecule has 20 heavy (non-hydrogen) atoms. The maximum absolute atomic E-state index is 6.09. The highest BCUT2D eigenvalue weighted by Crippen LogP contribution is 2.29. The van der Waals surface area contributed by atoms with Gasteiger partial charge in [-0.2, -0.15) is 0 Å². The van der Waals surface area contributed by atoms with Crippen LogP contribution in [0, 0.1) is 0 Å². The molecule has 1 N–H and O–H groups in total. The van der Waals surface area contributed by atoms with Crippen LogP contribution < -0.4 is 10.1 Å². The molecule has 3 rings (SSSR count). The first-order valence-electron chi connectivity index (χ1n) is 7.73. The topological polar surface area (TPSA) is 30.5 Å². The Labute approximate surface area is 121 Å². The van der Waals surface area contributed by atoms with Crippen molar-refractivity contribution in [3.63, 3.8) is 0 Å². The van der Waals surface area contributed by atoms with Gasteiger partial charge in [-0.05, 0) is 56.7 Å². The summed E-state index contributed by atoms with van der Waals surface area (Å²) in [4.78, 5) is 0. The fourth-order valence-electron chi connectivity index (χ4n) is 3.25. The number of rotatable bonds is 3. The summed E-state index contributed by atoms with van der Waals surface area (Å²) >= 11 is 0. The van der Waals surface area contributed by atoms with Gasteiger partial charge >= 0.3 is 0 Å². The average molecular weight is 275 g/mol. The maximum atomic E-state index is 6.09.